The molecule has 1 amide bonds. The lowest BCUT2D eigenvalue weighted by Gasteiger charge is -2.35. The van der Waals surface area contributed by atoms with Gasteiger partial charge in [0.2, 0.25) is 11.8 Å². The number of rotatable bonds is 7. The van der Waals surface area contributed by atoms with Crippen molar-refractivity contribution in [1.29, 1.82) is 0 Å². The number of aryl methyl sites for hydroxylation is 3. The Morgan fingerprint density at radius 3 is 2.55 bits per heavy atom. The fourth-order valence-corrected chi connectivity index (χ4v) is 3.86. The van der Waals surface area contributed by atoms with Gasteiger partial charge in [-0.2, -0.15) is 4.98 Å². The van der Waals surface area contributed by atoms with Crippen LogP contribution in [0, 0.1) is 6.92 Å². The highest BCUT2D eigenvalue weighted by atomic mass is 16.5. The number of hydrogen-bond acceptors (Lipinski definition) is 5. The number of piperazine rings is 1. The van der Waals surface area contributed by atoms with Gasteiger partial charge in [-0.05, 0) is 38.0 Å². The van der Waals surface area contributed by atoms with Crippen molar-refractivity contribution in [2.24, 2.45) is 0 Å². The summed E-state index contributed by atoms with van der Waals surface area (Å²) in [4.78, 5) is 26.3. The maximum Gasteiger partial charge on any atom is 0.270 e. The zero-order valence-corrected chi connectivity index (χ0v) is 18.2. The lowest BCUT2D eigenvalue weighted by atomic mass is 10.1. The first kappa shape index (κ1) is 20.9. The van der Waals surface area contributed by atoms with E-state index in [1.54, 1.807) is 0 Å². The third-order valence-corrected chi connectivity index (χ3v) is 5.49. The maximum absolute atomic E-state index is 13.2. The van der Waals surface area contributed by atoms with Gasteiger partial charge in [0.25, 0.3) is 5.91 Å². The molecule has 0 unspecified atom stereocenters. The second kappa shape index (κ2) is 9.64. The molecule has 1 saturated heterocycles. The van der Waals surface area contributed by atoms with Crippen molar-refractivity contribution in [2.75, 3.05) is 37.7 Å². The molecule has 162 valence electrons. The molecule has 0 saturated carbocycles. The molecule has 3 aromatic rings. The van der Waals surface area contributed by atoms with Crippen LogP contribution in [0.1, 0.15) is 28.7 Å². The summed E-state index contributed by atoms with van der Waals surface area (Å²) in [5.74, 6) is 1.35. The lowest BCUT2D eigenvalue weighted by Crippen LogP contribution is -2.49. The molecular formula is C24H29N5O2. The quantitative estimate of drug-likeness (QED) is 0.589. The van der Waals surface area contributed by atoms with Gasteiger partial charge in [0.05, 0.1) is 6.61 Å². The van der Waals surface area contributed by atoms with Gasteiger partial charge in [-0.15, -0.1) is 0 Å². The number of ether oxygens (including phenoxy) is 1. The van der Waals surface area contributed by atoms with Crippen LogP contribution in [0.3, 0.4) is 0 Å². The Morgan fingerprint density at radius 2 is 1.81 bits per heavy atom. The van der Waals surface area contributed by atoms with Gasteiger partial charge in [-0.3, -0.25) is 4.79 Å². The largest absolute Gasteiger partial charge is 0.478 e. The number of anilines is 1. The molecule has 1 aromatic carbocycles. The van der Waals surface area contributed by atoms with Gasteiger partial charge < -0.3 is 19.1 Å². The molecule has 0 atom stereocenters. The summed E-state index contributed by atoms with van der Waals surface area (Å²) in [6.07, 6.45) is 2.89. The van der Waals surface area contributed by atoms with Gasteiger partial charge in [0, 0.05) is 50.7 Å². The summed E-state index contributed by atoms with van der Waals surface area (Å²) in [7, 11) is 0. The van der Waals surface area contributed by atoms with E-state index in [4.69, 9.17) is 4.74 Å². The molecule has 1 fully saturated rings. The minimum absolute atomic E-state index is 0.0814. The van der Waals surface area contributed by atoms with Crippen LogP contribution in [-0.4, -0.2) is 58.1 Å². The van der Waals surface area contributed by atoms with Crippen LogP contribution in [0.4, 0.5) is 5.95 Å². The SMILES string of the molecule is CCOc1cc(C)nc(N2CCN(C(=O)c3cccn3CCc3ccccc3)CC2)n1. The summed E-state index contributed by atoms with van der Waals surface area (Å²) in [6, 6.07) is 16.1. The number of amides is 1. The van der Waals surface area contributed by atoms with Gasteiger partial charge in [-0.1, -0.05) is 30.3 Å². The number of hydrogen-bond donors (Lipinski definition) is 0. The van der Waals surface area contributed by atoms with E-state index in [-0.39, 0.29) is 5.91 Å². The first-order valence-corrected chi connectivity index (χ1v) is 10.9. The maximum atomic E-state index is 13.2. The summed E-state index contributed by atoms with van der Waals surface area (Å²) in [5.41, 5.74) is 2.89. The van der Waals surface area contributed by atoms with Crippen molar-refractivity contribution in [2.45, 2.75) is 26.8 Å². The molecule has 7 heteroatoms. The molecule has 1 aliphatic rings. The second-order valence-corrected chi connectivity index (χ2v) is 7.68. The topological polar surface area (TPSA) is 63.5 Å². The van der Waals surface area contributed by atoms with Crippen LogP contribution in [-0.2, 0) is 13.0 Å². The summed E-state index contributed by atoms with van der Waals surface area (Å²) >= 11 is 0. The molecule has 4 rings (SSSR count). The van der Waals surface area contributed by atoms with Gasteiger partial charge >= 0.3 is 0 Å². The molecule has 1 aliphatic heterocycles. The molecule has 3 heterocycles. The number of benzene rings is 1. The van der Waals surface area contributed by atoms with E-state index in [9.17, 15) is 4.79 Å². The first-order valence-electron chi connectivity index (χ1n) is 10.9. The van der Waals surface area contributed by atoms with Crippen molar-refractivity contribution >= 4 is 11.9 Å². The van der Waals surface area contributed by atoms with Gasteiger partial charge in [0.15, 0.2) is 0 Å². The number of carbonyl (C=O) groups is 1. The summed E-state index contributed by atoms with van der Waals surface area (Å²) < 4.78 is 7.60. The van der Waals surface area contributed by atoms with Crippen molar-refractivity contribution in [3.05, 3.63) is 71.7 Å². The highest BCUT2D eigenvalue weighted by Gasteiger charge is 2.25. The van der Waals surface area contributed by atoms with Crippen LogP contribution in [0.5, 0.6) is 5.88 Å². The Labute approximate surface area is 183 Å². The molecule has 31 heavy (non-hydrogen) atoms. The third kappa shape index (κ3) is 5.05. The highest BCUT2D eigenvalue weighted by Crippen LogP contribution is 2.18. The normalized spacial score (nSPS) is 14.0. The average molecular weight is 420 g/mol. The Kier molecular flexibility index (Phi) is 6.50. The Hall–Kier alpha value is -3.35. The molecule has 0 spiro atoms. The van der Waals surface area contributed by atoms with Gasteiger partial charge in [0.1, 0.15) is 5.69 Å². The van der Waals surface area contributed by atoms with Crippen LogP contribution in [0.2, 0.25) is 0 Å². The predicted molar refractivity (Wildman–Crippen MR) is 121 cm³/mol. The molecule has 2 aromatic heterocycles. The molecule has 0 aliphatic carbocycles. The minimum atomic E-state index is 0.0814. The smallest absolute Gasteiger partial charge is 0.270 e. The van der Waals surface area contributed by atoms with E-state index in [1.165, 1.54) is 5.56 Å². The van der Waals surface area contributed by atoms with Crippen molar-refractivity contribution in [1.82, 2.24) is 19.4 Å². The second-order valence-electron chi connectivity index (χ2n) is 7.68. The number of nitrogens with zero attached hydrogens (tertiary/aromatic N) is 5. The molecule has 0 N–H and O–H groups in total. The molecule has 0 radical (unpaired) electrons. The Balaban J connectivity index is 1.37. The van der Waals surface area contributed by atoms with E-state index in [0.29, 0.717) is 44.6 Å². The Morgan fingerprint density at radius 1 is 1.03 bits per heavy atom. The van der Waals surface area contributed by atoms with Crippen LogP contribution in [0.25, 0.3) is 0 Å². The van der Waals surface area contributed by atoms with Crippen LogP contribution < -0.4 is 9.64 Å². The van der Waals surface area contributed by atoms with E-state index in [0.717, 1.165) is 24.4 Å². The van der Waals surface area contributed by atoms with E-state index in [2.05, 4.69) is 31.6 Å². The van der Waals surface area contributed by atoms with Crippen molar-refractivity contribution < 1.29 is 9.53 Å². The highest BCUT2D eigenvalue weighted by molar-refractivity contribution is 5.93. The zero-order valence-electron chi connectivity index (χ0n) is 18.2. The van der Waals surface area contributed by atoms with Crippen molar-refractivity contribution in [3.8, 4) is 5.88 Å². The van der Waals surface area contributed by atoms with Crippen molar-refractivity contribution in [3.63, 3.8) is 0 Å². The number of aromatic nitrogens is 3. The van der Waals surface area contributed by atoms with Gasteiger partial charge in [-0.25, -0.2) is 4.98 Å². The van der Waals surface area contributed by atoms with E-state index >= 15 is 0 Å². The lowest BCUT2D eigenvalue weighted by molar-refractivity contribution is 0.0735. The van der Waals surface area contributed by atoms with E-state index < -0.39 is 0 Å². The Bertz CT molecular complexity index is 1010. The fraction of sp³-hybridized carbons (Fsp3) is 0.375. The molecule has 7 nitrogen and oxygen atoms in total. The average Bonchev–Trinajstić information content (AvgIpc) is 3.26. The summed E-state index contributed by atoms with van der Waals surface area (Å²) in [5, 5.41) is 0. The van der Waals surface area contributed by atoms with E-state index in [1.807, 2.05) is 61.3 Å². The third-order valence-electron chi connectivity index (χ3n) is 5.49. The molecule has 0 bridgehead atoms. The summed E-state index contributed by atoms with van der Waals surface area (Å²) in [6.45, 7) is 7.93. The standard InChI is InChI=1S/C24H29N5O2/c1-3-31-22-18-19(2)25-24(26-22)29-16-14-28(15-17-29)23(30)21-10-7-12-27(21)13-11-20-8-5-4-6-9-20/h4-10,12,18H,3,11,13-17H2,1-2H3. The molecular weight excluding hydrogens is 390 g/mol. The van der Waals surface area contributed by atoms with Crippen LogP contribution in [0.15, 0.2) is 54.7 Å². The van der Waals surface area contributed by atoms with Crippen LogP contribution >= 0.6 is 0 Å². The predicted octanol–water partition coefficient (Wildman–Crippen LogP) is 3.19. The first-order chi connectivity index (χ1) is 15.1. The zero-order chi connectivity index (χ0) is 21.6. The number of carbonyl (C=O) groups excluding carboxylic acids is 1. The fourth-order valence-electron chi connectivity index (χ4n) is 3.86. The monoisotopic (exact) mass is 419 g/mol. The minimum Gasteiger partial charge on any atom is -0.478 e.